The van der Waals surface area contributed by atoms with E-state index in [1.165, 1.54) is 0 Å². The van der Waals surface area contributed by atoms with Crippen LogP contribution in [0, 0.1) is 47.8 Å². The molecule has 0 heterocycles. The maximum absolute atomic E-state index is 9.55. The normalized spacial score (nSPS) is 8.27. The average Bonchev–Trinajstić information content (AvgIpc) is 2.18. The summed E-state index contributed by atoms with van der Waals surface area (Å²) in [6.07, 6.45) is 1.12. The summed E-state index contributed by atoms with van der Waals surface area (Å²) in [6.45, 7) is 0. The number of benzene rings is 1. The van der Waals surface area contributed by atoms with Gasteiger partial charge >= 0.3 is 11.9 Å². The van der Waals surface area contributed by atoms with Gasteiger partial charge in [-0.15, -0.1) is 0 Å². The van der Waals surface area contributed by atoms with E-state index < -0.39 is 11.9 Å². The Morgan fingerprint density at radius 3 is 1.47 bits per heavy atom. The summed E-state index contributed by atoms with van der Waals surface area (Å²) in [5.74, 6) is -2.51. The predicted octanol–water partition coefficient (Wildman–Crippen LogP) is 1.20. The minimum Gasteiger partial charge on any atom is -0.478 e. The molecule has 0 amide bonds. The van der Waals surface area contributed by atoms with E-state index in [4.69, 9.17) is 10.2 Å². The van der Waals surface area contributed by atoms with E-state index in [1.807, 2.05) is 30.3 Å². The molecule has 4 nitrogen and oxygen atoms in total. The summed E-state index contributed by atoms with van der Waals surface area (Å²) >= 11 is 0. The van der Waals surface area contributed by atoms with Crippen molar-refractivity contribution in [3.05, 3.63) is 48.6 Å². The topological polar surface area (TPSA) is 74.6 Å². The molecule has 0 radical (unpaired) electrons. The molecule has 0 bridgehead atoms. The molecule has 78 valence electrons. The first-order chi connectivity index (χ1) is 6.63. The first kappa shape index (κ1) is 16.7. The van der Waals surface area contributed by atoms with Crippen LogP contribution in [0.25, 0.3) is 0 Å². The minimum atomic E-state index is -1.26. The Bertz CT molecular complexity index is 266. The molecule has 1 rings (SSSR count). The molecule has 0 aromatic heterocycles. The van der Waals surface area contributed by atoms with Crippen molar-refractivity contribution in [2.75, 3.05) is 0 Å². The molecule has 0 saturated heterocycles. The summed E-state index contributed by atoms with van der Waals surface area (Å²) in [6, 6.07) is 12.5. The first-order valence-electron chi connectivity index (χ1n) is 3.68. The van der Waals surface area contributed by atoms with Gasteiger partial charge in [0, 0.05) is 53.9 Å². The van der Waals surface area contributed by atoms with Crippen molar-refractivity contribution in [1.82, 2.24) is 0 Å². The van der Waals surface area contributed by atoms with Crippen molar-refractivity contribution in [3.8, 4) is 0 Å². The summed E-state index contributed by atoms with van der Waals surface area (Å²) in [4.78, 5) is 19.1. The second kappa shape index (κ2) is 11.4. The van der Waals surface area contributed by atoms with Crippen molar-refractivity contribution >= 4 is 11.9 Å². The second-order valence-corrected chi connectivity index (χ2v) is 2.09. The van der Waals surface area contributed by atoms with E-state index in [2.05, 4.69) is 6.07 Å². The number of carboxylic acids is 2. The number of hydrogen-bond donors (Lipinski definition) is 2. The standard InChI is InChI=1S/C6H5.C4H4O4.Ce/c1-2-4-6-5-3-1;5-3(6)1-2-4(7)8;/h1-5H;1-2H,(H,5,6)(H,7,8);/q-1;;/b;2-1-;. The summed E-state index contributed by atoms with van der Waals surface area (Å²) in [5, 5.41) is 15.6. The molecule has 0 aliphatic heterocycles. The Balaban J connectivity index is 0. The molecule has 0 fully saturated rings. The monoisotopic (exact) mass is 333 g/mol. The van der Waals surface area contributed by atoms with Gasteiger partial charge in [0.1, 0.15) is 0 Å². The third-order valence-corrected chi connectivity index (χ3v) is 0.976. The average molecular weight is 333 g/mol. The Hall–Kier alpha value is -0.723. The molecule has 0 spiro atoms. The van der Waals surface area contributed by atoms with Gasteiger partial charge in [0.15, 0.2) is 0 Å². The molecule has 0 unspecified atom stereocenters. The number of aliphatic carboxylic acids is 2. The Kier molecular flexibility index (Phi) is 12.6. The van der Waals surface area contributed by atoms with E-state index in [-0.39, 0.29) is 41.7 Å². The number of carbonyl (C=O) groups is 2. The maximum Gasteiger partial charge on any atom is 0.328 e. The number of hydrogen-bond acceptors (Lipinski definition) is 2. The fourth-order valence-electron chi connectivity index (χ4n) is 0.485. The zero-order chi connectivity index (χ0) is 10.8. The second-order valence-electron chi connectivity index (χ2n) is 2.09. The van der Waals surface area contributed by atoms with E-state index in [0.717, 1.165) is 0 Å². The Morgan fingerprint density at radius 1 is 0.933 bits per heavy atom. The molecule has 0 saturated carbocycles. The minimum absolute atomic E-state index is 0. The van der Waals surface area contributed by atoms with Gasteiger partial charge in [-0.1, -0.05) is 0 Å². The van der Waals surface area contributed by atoms with Crippen LogP contribution in [-0.4, -0.2) is 22.2 Å². The van der Waals surface area contributed by atoms with Crippen LogP contribution in [0.15, 0.2) is 42.5 Å². The quantitative estimate of drug-likeness (QED) is 0.630. The van der Waals surface area contributed by atoms with E-state index in [9.17, 15) is 9.59 Å². The van der Waals surface area contributed by atoms with Gasteiger partial charge in [0.05, 0.1) is 0 Å². The molecular weight excluding hydrogens is 324 g/mol. The molecule has 0 atom stereocenters. The van der Waals surface area contributed by atoms with Crippen molar-refractivity contribution in [3.63, 3.8) is 0 Å². The molecule has 5 heteroatoms. The molecule has 1 aromatic carbocycles. The number of rotatable bonds is 2. The van der Waals surface area contributed by atoms with E-state index in [1.54, 1.807) is 0 Å². The predicted molar refractivity (Wildman–Crippen MR) is 49.7 cm³/mol. The van der Waals surface area contributed by atoms with Crippen LogP contribution >= 0.6 is 0 Å². The molecule has 15 heavy (non-hydrogen) atoms. The van der Waals surface area contributed by atoms with Gasteiger partial charge in [0.2, 0.25) is 0 Å². The van der Waals surface area contributed by atoms with E-state index in [0.29, 0.717) is 12.2 Å². The summed E-state index contributed by atoms with van der Waals surface area (Å²) < 4.78 is 0. The molecule has 2 N–H and O–H groups in total. The van der Waals surface area contributed by atoms with Gasteiger partial charge in [0.25, 0.3) is 0 Å². The summed E-state index contributed by atoms with van der Waals surface area (Å²) in [5.41, 5.74) is 0. The van der Waals surface area contributed by atoms with Crippen LogP contribution in [0.3, 0.4) is 0 Å². The van der Waals surface area contributed by atoms with E-state index >= 15 is 0 Å². The van der Waals surface area contributed by atoms with Crippen LogP contribution in [0.4, 0.5) is 0 Å². The Morgan fingerprint density at radius 2 is 1.33 bits per heavy atom. The zero-order valence-electron chi connectivity index (χ0n) is 7.75. The Labute approximate surface area is 121 Å². The molecule has 0 aliphatic carbocycles. The van der Waals surface area contributed by atoms with Crippen molar-refractivity contribution in [2.24, 2.45) is 0 Å². The third-order valence-electron chi connectivity index (χ3n) is 0.976. The zero-order valence-corrected chi connectivity index (χ0v) is 10.9. The van der Waals surface area contributed by atoms with Crippen LogP contribution in [-0.2, 0) is 9.59 Å². The smallest absolute Gasteiger partial charge is 0.328 e. The third kappa shape index (κ3) is 16.0. The van der Waals surface area contributed by atoms with Gasteiger partial charge in [-0.25, -0.2) is 9.59 Å². The molecular formula is C10H9CeO4-. The van der Waals surface area contributed by atoms with Crippen LogP contribution in [0.2, 0.25) is 0 Å². The van der Waals surface area contributed by atoms with Gasteiger partial charge in [-0.3, -0.25) is 0 Å². The van der Waals surface area contributed by atoms with Crippen LogP contribution in [0.5, 0.6) is 0 Å². The largest absolute Gasteiger partial charge is 0.478 e. The SMILES string of the molecule is O=C(O)/C=C\C(=O)O.[Ce].[c-]1ccccc1. The van der Waals surface area contributed by atoms with Gasteiger partial charge in [-0.2, -0.15) is 36.4 Å². The maximum atomic E-state index is 9.55. The fraction of sp³-hybridized carbons (Fsp3) is 0. The summed E-state index contributed by atoms with van der Waals surface area (Å²) in [7, 11) is 0. The van der Waals surface area contributed by atoms with Crippen LogP contribution < -0.4 is 0 Å². The van der Waals surface area contributed by atoms with Crippen LogP contribution in [0.1, 0.15) is 0 Å². The van der Waals surface area contributed by atoms with Crippen molar-refractivity contribution in [1.29, 1.82) is 0 Å². The van der Waals surface area contributed by atoms with Crippen molar-refractivity contribution < 1.29 is 61.5 Å². The fourth-order valence-corrected chi connectivity index (χ4v) is 0.485. The molecule has 1 aromatic rings. The van der Waals surface area contributed by atoms with Gasteiger partial charge < -0.3 is 10.2 Å². The number of carboxylic acid groups (broad SMARTS) is 2. The first-order valence-corrected chi connectivity index (χ1v) is 3.68. The molecule has 0 aliphatic rings. The van der Waals surface area contributed by atoms with Crippen molar-refractivity contribution in [2.45, 2.75) is 0 Å². The van der Waals surface area contributed by atoms with Gasteiger partial charge in [-0.05, 0) is 0 Å².